The Kier molecular flexibility index (Phi) is 8.80. The van der Waals surface area contributed by atoms with Crippen molar-refractivity contribution >= 4 is 29.1 Å². The number of ether oxygens (including phenoxy) is 3. The largest absolute Gasteiger partial charge is 0.494 e. The van der Waals surface area contributed by atoms with Gasteiger partial charge in [0.2, 0.25) is 5.91 Å². The molecular weight excluding hydrogens is 408 g/mol. The second kappa shape index (κ2) is 11.3. The van der Waals surface area contributed by atoms with Gasteiger partial charge in [0.05, 0.1) is 31.9 Å². The molecule has 2 aromatic rings. The van der Waals surface area contributed by atoms with Gasteiger partial charge in [0.15, 0.2) is 11.5 Å². The van der Waals surface area contributed by atoms with Crippen molar-refractivity contribution in [1.29, 1.82) is 0 Å². The third-order valence-corrected chi connectivity index (χ3v) is 4.19. The van der Waals surface area contributed by atoms with Gasteiger partial charge >= 0.3 is 0 Å². The molecule has 0 aromatic heterocycles. The van der Waals surface area contributed by atoms with E-state index in [2.05, 4.69) is 10.6 Å². The van der Waals surface area contributed by atoms with Crippen LogP contribution in [0.4, 0.5) is 5.69 Å². The highest BCUT2D eigenvalue weighted by atomic mass is 35.5. The van der Waals surface area contributed by atoms with Crippen molar-refractivity contribution < 1.29 is 23.8 Å². The molecule has 0 radical (unpaired) electrons. The van der Waals surface area contributed by atoms with Gasteiger partial charge in [-0.15, -0.1) is 0 Å². The lowest BCUT2D eigenvalue weighted by Crippen LogP contribution is -2.32. The second-order valence-corrected chi connectivity index (χ2v) is 7.29. The molecule has 0 spiro atoms. The second-order valence-electron chi connectivity index (χ2n) is 6.88. The van der Waals surface area contributed by atoms with Crippen molar-refractivity contribution in [2.75, 3.05) is 32.2 Å². The first-order chi connectivity index (χ1) is 14.3. The Morgan fingerprint density at radius 2 is 1.80 bits per heavy atom. The number of rotatable bonds is 10. The van der Waals surface area contributed by atoms with Crippen molar-refractivity contribution in [3.8, 4) is 17.2 Å². The van der Waals surface area contributed by atoms with Gasteiger partial charge in [-0.2, -0.15) is 0 Å². The van der Waals surface area contributed by atoms with E-state index in [4.69, 9.17) is 25.8 Å². The summed E-state index contributed by atoms with van der Waals surface area (Å²) >= 11 is 6.27. The fourth-order valence-electron chi connectivity index (χ4n) is 2.51. The number of carbonyl (C=O) groups is 2. The zero-order chi connectivity index (χ0) is 22.1. The third-order valence-electron chi connectivity index (χ3n) is 3.91. The first kappa shape index (κ1) is 23.3. The van der Waals surface area contributed by atoms with Gasteiger partial charge < -0.3 is 24.8 Å². The van der Waals surface area contributed by atoms with E-state index in [1.165, 1.54) is 19.2 Å². The van der Waals surface area contributed by atoms with Gasteiger partial charge in [0.25, 0.3) is 5.91 Å². The highest BCUT2D eigenvalue weighted by Crippen LogP contribution is 2.36. The van der Waals surface area contributed by atoms with Gasteiger partial charge in [0, 0.05) is 11.3 Å². The number of methoxy groups -OCH3 is 1. The van der Waals surface area contributed by atoms with Crippen molar-refractivity contribution in [2.24, 2.45) is 5.92 Å². The van der Waals surface area contributed by atoms with E-state index in [-0.39, 0.29) is 23.0 Å². The monoisotopic (exact) mass is 434 g/mol. The van der Waals surface area contributed by atoms with Crippen LogP contribution in [0.5, 0.6) is 17.2 Å². The van der Waals surface area contributed by atoms with Crippen LogP contribution in [-0.4, -0.2) is 38.7 Å². The lowest BCUT2D eigenvalue weighted by atomic mass is 10.1. The summed E-state index contributed by atoms with van der Waals surface area (Å²) in [4.78, 5) is 24.6. The lowest BCUT2D eigenvalue weighted by Gasteiger charge is -2.15. The van der Waals surface area contributed by atoms with Gasteiger partial charge in [-0.3, -0.25) is 9.59 Å². The molecule has 2 amide bonds. The van der Waals surface area contributed by atoms with Crippen LogP contribution in [0.25, 0.3) is 0 Å². The predicted octanol–water partition coefficient (Wildman–Crippen LogP) is 4.15. The molecule has 2 rings (SSSR count). The van der Waals surface area contributed by atoms with E-state index < -0.39 is 5.91 Å². The number of anilines is 1. The lowest BCUT2D eigenvalue weighted by molar-refractivity contribution is -0.115. The van der Waals surface area contributed by atoms with Crippen LogP contribution in [0.2, 0.25) is 5.02 Å². The number of hydrogen-bond donors (Lipinski definition) is 2. The Balaban J connectivity index is 1.96. The Hall–Kier alpha value is -2.93. The molecule has 7 nitrogen and oxygen atoms in total. The van der Waals surface area contributed by atoms with Gasteiger partial charge in [-0.25, -0.2) is 0 Å². The van der Waals surface area contributed by atoms with E-state index in [0.29, 0.717) is 36.3 Å². The minimum Gasteiger partial charge on any atom is -0.494 e. The standard InChI is InChI=1S/C22H27ClN2O5/c1-5-29-17-8-6-16(7-9-17)25-20(26)12-24-22(27)15-10-18(23)21(19(11-15)28-4)30-13-14(2)3/h6-11,14H,5,12-13H2,1-4H3,(H,24,27)(H,25,26). The Morgan fingerprint density at radius 1 is 1.10 bits per heavy atom. The highest BCUT2D eigenvalue weighted by molar-refractivity contribution is 6.32. The van der Waals surface area contributed by atoms with E-state index in [1.54, 1.807) is 24.3 Å². The summed E-state index contributed by atoms with van der Waals surface area (Å²) in [6.07, 6.45) is 0. The summed E-state index contributed by atoms with van der Waals surface area (Å²) in [7, 11) is 1.47. The number of carbonyl (C=O) groups excluding carboxylic acids is 2. The predicted molar refractivity (Wildman–Crippen MR) is 117 cm³/mol. The van der Waals surface area contributed by atoms with Crippen molar-refractivity contribution in [3.63, 3.8) is 0 Å². The van der Waals surface area contributed by atoms with Crippen LogP contribution in [0.1, 0.15) is 31.1 Å². The minimum atomic E-state index is -0.451. The van der Waals surface area contributed by atoms with Crippen LogP contribution in [0.3, 0.4) is 0 Å². The first-order valence-electron chi connectivity index (χ1n) is 9.65. The third kappa shape index (κ3) is 6.84. The Bertz CT molecular complexity index is 869. The van der Waals surface area contributed by atoms with Crippen LogP contribution in [0.15, 0.2) is 36.4 Å². The zero-order valence-corrected chi connectivity index (χ0v) is 18.3. The maximum Gasteiger partial charge on any atom is 0.251 e. The molecule has 0 saturated heterocycles. The maximum atomic E-state index is 12.5. The Labute approximate surface area is 181 Å². The van der Waals surface area contributed by atoms with E-state index in [0.717, 1.165) is 5.75 Å². The summed E-state index contributed by atoms with van der Waals surface area (Å²) in [6, 6.07) is 9.99. The average molecular weight is 435 g/mol. The SMILES string of the molecule is CCOc1ccc(NC(=O)CNC(=O)c2cc(Cl)c(OCC(C)C)c(OC)c2)cc1. The molecule has 0 unspecified atom stereocenters. The Morgan fingerprint density at radius 3 is 2.40 bits per heavy atom. The van der Waals surface area contributed by atoms with E-state index in [9.17, 15) is 9.59 Å². The highest BCUT2D eigenvalue weighted by Gasteiger charge is 2.17. The fraction of sp³-hybridized carbons (Fsp3) is 0.364. The zero-order valence-electron chi connectivity index (χ0n) is 17.6. The average Bonchev–Trinajstić information content (AvgIpc) is 2.72. The van der Waals surface area contributed by atoms with Gasteiger partial charge in [0.1, 0.15) is 5.75 Å². The van der Waals surface area contributed by atoms with Crippen LogP contribution >= 0.6 is 11.6 Å². The molecule has 8 heteroatoms. The summed E-state index contributed by atoms with van der Waals surface area (Å²) in [5.41, 5.74) is 0.872. The van der Waals surface area contributed by atoms with Crippen LogP contribution < -0.4 is 24.8 Å². The fourth-order valence-corrected chi connectivity index (χ4v) is 2.78. The van der Waals surface area contributed by atoms with E-state index in [1.807, 2.05) is 20.8 Å². The van der Waals surface area contributed by atoms with Gasteiger partial charge in [-0.1, -0.05) is 25.4 Å². The minimum absolute atomic E-state index is 0.197. The number of nitrogens with one attached hydrogen (secondary N) is 2. The maximum absolute atomic E-state index is 12.5. The normalized spacial score (nSPS) is 10.5. The number of benzene rings is 2. The number of halogens is 1. The molecule has 0 heterocycles. The van der Waals surface area contributed by atoms with Crippen molar-refractivity contribution in [3.05, 3.63) is 47.0 Å². The summed E-state index contributed by atoms with van der Waals surface area (Å²) in [5.74, 6) is 0.956. The van der Waals surface area contributed by atoms with Crippen molar-refractivity contribution in [1.82, 2.24) is 5.32 Å². The smallest absolute Gasteiger partial charge is 0.251 e. The van der Waals surface area contributed by atoms with Crippen LogP contribution in [0, 0.1) is 5.92 Å². The molecule has 0 aliphatic heterocycles. The van der Waals surface area contributed by atoms with Gasteiger partial charge in [-0.05, 0) is 49.2 Å². The van der Waals surface area contributed by atoms with E-state index >= 15 is 0 Å². The van der Waals surface area contributed by atoms with Crippen LogP contribution in [-0.2, 0) is 4.79 Å². The molecule has 0 aliphatic carbocycles. The molecule has 0 aliphatic rings. The summed E-state index contributed by atoms with van der Waals surface area (Å²) < 4.78 is 16.3. The molecule has 162 valence electrons. The molecular formula is C22H27ClN2O5. The quantitative estimate of drug-likeness (QED) is 0.586. The number of hydrogen-bond acceptors (Lipinski definition) is 5. The summed E-state index contributed by atoms with van der Waals surface area (Å²) in [6.45, 7) is 6.76. The molecule has 0 fully saturated rings. The topological polar surface area (TPSA) is 85.9 Å². The molecule has 2 aromatic carbocycles. The first-order valence-corrected chi connectivity index (χ1v) is 10.0. The molecule has 0 bridgehead atoms. The molecule has 0 saturated carbocycles. The molecule has 30 heavy (non-hydrogen) atoms. The van der Waals surface area contributed by atoms with Crippen molar-refractivity contribution in [2.45, 2.75) is 20.8 Å². The molecule has 2 N–H and O–H groups in total. The molecule has 0 atom stereocenters. The number of amides is 2. The summed E-state index contributed by atoms with van der Waals surface area (Å²) in [5, 5.41) is 5.54.